The van der Waals surface area contributed by atoms with E-state index in [4.69, 9.17) is 10.8 Å². The van der Waals surface area contributed by atoms with Gasteiger partial charge in [-0.05, 0) is 36.2 Å². The second-order valence-corrected chi connectivity index (χ2v) is 4.77. The molecule has 1 aromatic heterocycles. The number of carbonyl (C=O) groups is 1. The molecule has 0 aliphatic rings. The van der Waals surface area contributed by atoms with Gasteiger partial charge in [-0.15, -0.1) is 11.3 Å². The van der Waals surface area contributed by atoms with Gasteiger partial charge in [-0.2, -0.15) is 0 Å². The highest BCUT2D eigenvalue weighted by molar-refractivity contribution is 7.17. The number of benzene rings is 1. The van der Waals surface area contributed by atoms with Crippen molar-refractivity contribution in [3.63, 3.8) is 0 Å². The third-order valence-electron chi connectivity index (χ3n) is 2.28. The molecule has 0 aliphatic heterocycles. The molecule has 0 unspecified atom stereocenters. The monoisotopic (exact) mass is 251 g/mol. The Kier molecular flexibility index (Phi) is 2.85. The lowest BCUT2D eigenvalue weighted by Crippen LogP contribution is -1.96. The summed E-state index contributed by atoms with van der Waals surface area (Å²) in [4.78, 5) is 11.6. The lowest BCUT2D eigenvalue weighted by Gasteiger charge is -1.99. The number of carboxylic acid groups (broad SMARTS) is 1. The average Bonchev–Trinajstić information content (AvgIpc) is 2.59. The van der Waals surface area contributed by atoms with Gasteiger partial charge < -0.3 is 10.8 Å². The van der Waals surface area contributed by atoms with E-state index in [0.717, 1.165) is 16.9 Å². The molecular formula is C12H10FNO2S. The molecule has 0 amide bonds. The zero-order chi connectivity index (χ0) is 12.6. The first-order chi connectivity index (χ1) is 7.97. The van der Waals surface area contributed by atoms with Crippen molar-refractivity contribution in [2.75, 3.05) is 5.73 Å². The van der Waals surface area contributed by atoms with Crippen LogP contribution in [0.25, 0.3) is 10.4 Å². The van der Waals surface area contributed by atoms with Gasteiger partial charge in [0.15, 0.2) is 0 Å². The predicted octanol–water partition coefficient (Wildman–Crippen LogP) is 3.14. The number of thiophene rings is 1. The Morgan fingerprint density at radius 2 is 2.06 bits per heavy atom. The number of nitrogens with two attached hydrogens (primary N) is 1. The van der Waals surface area contributed by atoms with Crippen LogP contribution in [0.5, 0.6) is 0 Å². The summed E-state index contributed by atoms with van der Waals surface area (Å²) in [6.45, 7) is 1.78. The van der Waals surface area contributed by atoms with Crippen molar-refractivity contribution >= 4 is 23.0 Å². The van der Waals surface area contributed by atoms with E-state index in [9.17, 15) is 9.18 Å². The summed E-state index contributed by atoms with van der Waals surface area (Å²) in [5.41, 5.74) is 7.23. The van der Waals surface area contributed by atoms with Gasteiger partial charge >= 0.3 is 5.97 Å². The number of rotatable bonds is 2. The van der Waals surface area contributed by atoms with Crippen molar-refractivity contribution in [1.82, 2.24) is 0 Å². The van der Waals surface area contributed by atoms with Gasteiger partial charge in [-0.3, -0.25) is 0 Å². The van der Waals surface area contributed by atoms with Crippen LogP contribution in [-0.4, -0.2) is 11.1 Å². The van der Waals surface area contributed by atoms with Gasteiger partial charge in [0, 0.05) is 4.88 Å². The highest BCUT2D eigenvalue weighted by Gasteiger charge is 2.14. The number of hydrogen-bond acceptors (Lipinski definition) is 3. The summed E-state index contributed by atoms with van der Waals surface area (Å²) < 4.78 is 13.2. The topological polar surface area (TPSA) is 63.3 Å². The molecule has 88 valence electrons. The van der Waals surface area contributed by atoms with E-state index in [0.29, 0.717) is 10.4 Å². The first-order valence-corrected chi connectivity index (χ1v) is 5.69. The molecule has 0 fully saturated rings. The lowest BCUT2D eigenvalue weighted by molar-refractivity contribution is 0.0703. The van der Waals surface area contributed by atoms with E-state index in [1.165, 1.54) is 12.1 Å². The maximum atomic E-state index is 13.2. The van der Waals surface area contributed by atoms with E-state index >= 15 is 0 Å². The molecule has 2 rings (SSSR count). The Bertz CT molecular complexity index is 572. The third-order valence-corrected chi connectivity index (χ3v) is 3.47. The minimum atomic E-state index is -1.06. The molecule has 0 aliphatic carbocycles. The molecule has 17 heavy (non-hydrogen) atoms. The quantitative estimate of drug-likeness (QED) is 0.861. The molecule has 2 aromatic rings. The number of anilines is 1. The highest BCUT2D eigenvalue weighted by Crippen LogP contribution is 2.33. The molecule has 0 atom stereocenters. The van der Waals surface area contributed by atoms with Crippen molar-refractivity contribution in [1.29, 1.82) is 0 Å². The zero-order valence-corrected chi connectivity index (χ0v) is 9.84. The van der Waals surface area contributed by atoms with Crippen LogP contribution in [-0.2, 0) is 0 Å². The fourth-order valence-electron chi connectivity index (χ4n) is 1.59. The summed E-state index contributed by atoms with van der Waals surface area (Å²) in [5.74, 6) is -1.41. The van der Waals surface area contributed by atoms with Gasteiger partial charge in [-0.1, -0.05) is 6.07 Å². The van der Waals surface area contributed by atoms with Crippen molar-refractivity contribution in [3.8, 4) is 10.4 Å². The maximum absolute atomic E-state index is 13.2. The number of aromatic carboxylic acids is 1. The SMILES string of the molecule is Cc1cc(F)cc(-c2cc(N)c(C(=O)O)s2)c1. The molecule has 1 heterocycles. The largest absolute Gasteiger partial charge is 0.477 e. The average molecular weight is 251 g/mol. The Morgan fingerprint density at radius 1 is 1.35 bits per heavy atom. The Labute approximate surface area is 101 Å². The molecule has 0 saturated carbocycles. The normalized spacial score (nSPS) is 10.5. The van der Waals surface area contributed by atoms with Crippen LogP contribution in [0.1, 0.15) is 15.2 Å². The van der Waals surface area contributed by atoms with Crippen LogP contribution in [0.2, 0.25) is 0 Å². The highest BCUT2D eigenvalue weighted by atomic mass is 32.1. The van der Waals surface area contributed by atoms with Crippen molar-refractivity contribution in [2.45, 2.75) is 6.92 Å². The number of nitrogen functional groups attached to an aromatic ring is 1. The van der Waals surface area contributed by atoms with E-state index in [1.54, 1.807) is 19.1 Å². The Morgan fingerprint density at radius 3 is 2.59 bits per heavy atom. The van der Waals surface area contributed by atoms with Crippen molar-refractivity contribution < 1.29 is 14.3 Å². The van der Waals surface area contributed by atoms with Gasteiger partial charge in [0.05, 0.1) is 5.69 Å². The fraction of sp³-hybridized carbons (Fsp3) is 0.0833. The standard InChI is InChI=1S/C12H10FNO2S/c1-6-2-7(4-8(13)3-6)10-5-9(14)11(17-10)12(15)16/h2-5H,14H2,1H3,(H,15,16). The van der Waals surface area contributed by atoms with Crippen LogP contribution in [0.4, 0.5) is 10.1 Å². The number of carboxylic acids is 1. The van der Waals surface area contributed by atoms with Gasteiger partial charge in [-0.25, -0.2) is 9.18 Å². The Balaban J connectivity index is 2.53. The van der Waals surface area contributed by atoms with E-state index in [-0.39, 0.29) is 16.4 Å². The third kappa shape index (κ3) is 2.29. The molecular weight excluding hydrogens is 241 g/mol. The first kappa shape index (κ1) is 11.6. The summed E-state index contributed by atoms with van der Waals surface area (Å²) in [5, 5.41) is 8.89. The lowest BCUT2D eigenvalue weighted by atomic mass is 10.1. The maximum Gasteiger partial charge on any atom is 0.348 e. The summed E-state index contributed by atoms with van der Waals surface area (Å²) >= 11 is 1.05. The molecule has 3 N–H and O–H groups in total. The van der Waals surface area contributed by atoms with E-state index < -0.39 is 5.97 Å². The molecule has 0 saturated heterocycles. The Hall–Kier alpha value is -1.88. The van der Waals surface area contributed by atoms with Crippen LogP contribution in [0.3, 0.4) is 0 Å². The fourth-order valence-corrected chi connectivity index (χ4v) is 2.50. The minimum absolute atomic E-state index is 0.0851. The molecule has 0 spiro atoms. The second-order valence-electron chi connectivity index (χ2n) is 3.72. The summed E-state index contributed by atoms with van der Waals surface area (Å²) in [6.07, 6.45) is 0. The van der Waals surface area contributed by atoms with Crippen LogP contribution in [0, 0.1) is 12.7 Å². The predicted molar refractivity (Wildman–Crippen MR) is 65.8 cm³/mol. The minimum Gasteiger partial charge on any atom is -0.477 e. The van der Waals surface area contributed by atoms with Crippen molar-refractivity contribution in [3.05, 3.63) is 40.5 Å². The van der Waals surface area contributed by atoms with Crippen LogP contribution in [0.15, 0.2) is 24.3 Å². The molecule has 1 aromatic carbocycles. The number of hydrogen-bond donors (Lipinski definition) is 2. The van der Waals surface area contributed by atoms with E-state index in [2.05, 4.69) is 0 Å². The number of halogens is 1. The van der Waals surface area contributed by atoms with Crippen LogP contribution >= 0.6 is 11.3 Å². The van der Waals surface area contributed by atoms with Crippen molar-refractivity contribution in [2.24, 2.45) is 0 Å². The van der Waals surface area contributed by atoms with E-state index in [1.807, 2.05) is 0 Å². The first-order valence-electron chi connectivity index (χ1n) is 4.87. The summed E-state index contributed by atoms with van der Waals surface area (Å²) in [6, 6.07) is 6.13. The molecule has 3 nitrogen and oxygen atoms in total. The second kappa shape index (κ2) is 4.18. The summed E-state index contributed by atoms with van der Waals surface area (Å²) in [7, 11) is 0. The molecule has 0 bridgehead atoms. The van der Waals surface area contributed by atoms with Crippen LogP contribution < -0.4 is 5.73 Å². The van der Waals surface area contributed by atoms with Gasteiger partial charge in [0.1, 0.15) is 10.7 Å². The molecule has 5 heteroatoms. The smallest absolute Gasteiger partial charge is 0.348 e. The van der Waals surface area contributed by atoms with Gasteiger partial charge in [0.25, 0.3) is 0 Å². The van der Waals surface area contributed by atoms with Gasteiger partial charge in [0.2, 0.25) is 0 Å². The number of aryl methyl sites for hydroxylation is 1. The molecule has 0 radical (unpaired) electrons. The zero-order valence-electron chi connectivity index (χ0n) is 9.03.